The second kappa shape index (κ2) is 8.02. The Hall–Kier alpha value is -2.55. The van der Waals surface area contributed by atoms with E-state index >= 15 is 0 Å². The number of hydrogen-bond donors (Lipinski definition) is 1. The van der Waals surface area contributed by atoms with Crippen molar-refractivity contribution in [3.8, 4) is 5.75 Å². The summed E-state index contributed by atoms with van der Waals surface area (Å²) in [4.78, 5) is 13.1. The highest BCUT2D eigenvalue weighted by atomic mass is 16.5. The summed E-state index contributed by atoms with van der Waals surface area (Å²) in [5, 5.41) is 3.23. The highest BCUT2D eigenvalue weighted by Crippen LogP contribution is 2.39. The van der Waals surface area contributed by atoms with E-state index in [9.17, 15) is 4.79 Å². The van der Waals surface area contributed by atoms with Crippen molar-refractivity contribution in [3.63, 3.8) is 0 Å². The van der Waals surface area contributed by atoms with Crippen LogP contribution >= 0.6 is 0 Å². The second-order valence-corrected chi connectivity index (χ2v) is 6.37. The molecule has 0 radical (unpaired) electrons. The smallest absolute Gasteiger partial charge is 0.173 e. The fourth-order valence-corrected chi connectivity index (χ4v) is 3.30. The van der Waals surface area contributed by atoms with E-state index in [1.807, 2.05) is 61.6 Å². The lowest BCUT2D eigenvalue weighted by Crippen LogP contribution is -2.08. The molecular formula is C22H25NO2. The predicted molar refractivity (Wildman–Crippen MR) is 102 cm³/mol. The lowest BCUT2D eigenvalue weighted by atomic mass is 9.93. The number of carbonyl (C=O) groups excluding carboxylic acids is 1. The maximum absolute atomic E-state index is 13.1. The zero-order chi connectivity index (χ0) is 17.6. The quantitative estimate of drug-likeness (QED) is 0.754. The Morgan fingerprint density at radius 2 is 1.92 bits per heavy atom. The molecule has 0 saturated carbocycles. The van der Waals surface area contributed by atoms with E-state index in [1.54, 1.807) is 0 Å². The second-order valence-electron chi connectivity index (χ2n) is 6.37. The molecule has 2 aromatic rings. The van der Waals surface area contributed by atoms with Gasteiger partial charge in [-0.3, -0.25) is 4.79 Å². The van der Waals surface area contributed by atoms with Crippen molar-refractivity contribution in [2.75, 3.05) is 13.7 Å². The largest absolute Gasteiger partial charge is 0.494 e. The number of allylic oxidation sites excluding steroid dienone is 2. The molecule has 1 N–H and O–H groups in total. The van der Waals surface area contributed by atoms with Crippen molar-refractivity contribution in [2.45, 2.75) is 32.1 Å². The van der Waals surface area contributed by atoms with Gasteiger partial charge in [-0.05, 0) is 29.7 Å². The van der Waals surface area contributed by atoms with Gasteiger partial charge in [0.1, 0.15) is 5.75 Å². The van der Waals surface area contributed by atoms with Crippen LogP contribution in [-0.4, -0.2) is 19.4 Å². The van der Waals surface area contributed by atoms with Crippen molar-refractivity contribution in [3.05, 3.63) is 71.4 Å². The third-order valence-corrected chi connectivity index (χ3v) is 4.67. The topological polar surface area (TPSA) is 38.3 Å². The first-order chi connectivity index (χ1) is 12.2. The molecule has 0 aliphatic heterocycles. The summed E-state index contributed by atoms with van der Waals surface area (Å²) in [5.41, 5.74) is 3.80. The molecule has 2 aromatic carbocycles. The summed E-state index contributed by atoms with van der Waals surface area (Å²) in [6, 6.07) is 17.9. The van der Waals surface area contributed by atoms with Crippen LogP contribution in [0.25, 0.3) is 5.57 Å². The summed E-state index contributed by atoms with van der Waals surface area (Å²) in [7, 11) is 1.89. The van der Waals surface area contributed by atoms with Crippen LogP contribution in [-0.2, 0) is 4.79 Å². The van der Waals surface area contributed by atoms with E-state index in [0.29, 0.717) is 6.61 Å². The molecule has 1 aliphatic carbocycles. The van der Waals surface area contributed by atoms with Crippen molar-refractivity contribution in [2.24, 2.45) is 0 Å². The van der Waals surface area contributed by atoms with Gasteiger partial charge in [0.2, 0.25) is 0 Å². The molecule has 0 saturated heterocycles. The summed E-state index contributed by atoms with van der Waals surface area (Å²) in [6.07, 6.45) is 2.85. The minimum atomic E-state index is -0.108. The molecule has 25 heavy (non-hydrogen) atoms. The molecule has 0 aromatic heterocycles. The number of unbranched alkanes of at least 4 members (excludes halogenated alkanes) is 1. The SMILES string of the molecule is CCCCOc1cccc(C2=C(NC)CC(c3ccccc3)C2=O)c1. The van der Waals surface area contributed by atoms with Crippen molar-refractivity contribution < 1.29 is 9.53 Å². The lowest BCUT2D eigenvalue weighted by molar-refractivity contribution is -0.114. The average Bonchev–Trinajstić information content (AvgIpc) is 2.99. The highest BCUT2D eigenvalue weighted by molar-refractivity contribution is 6.26. The molecule has 0 bridgehead atoms. The van der Waals surface area contributed by atoms with Crippen LogP contribution in [0, 0.1) is 0 Å². The van der Waals surface area contributed by atoms with Gasteiger partial charge < -0.3 is 10.1 Å². The molecule has 3 rings (SSSR count). The van der Waals surface area contributed by atoms with Crippen molar-refractivity contribution in [1.82, 2.24) is 5.32 Å². The van der Waals surface area contributed by atoms with Gasteiger partial charge >= 0.3 is 0 Å². The first kappa shape index (κ1) is 17.3. The molecule has 3 heteroatoms. The first-order valence-corrected chi connectivity index (χ1v) is 8.98. The van der Waals surface area contributed by atoms with Gasteiger partial charge in [-0.1, -0.05) is 55.8 Å². The Kier molecular flexibility index (Phi) is 5.54. The van der Waals surface area contributed by atoms with Gasteiger partial charge in [-0.15, -0.1) is 0 Å². The molecule has 0 fully saturated rings. The van der Waals surface area contributed by atoms with Gasteiger partial charge in [0.25, 0.3) is 0 Å². The Bertz CT molecular complexity index is 765. The minimum Gasteiger partial charge on any atom is -0.494 e. The van der Waals surface area contributed by atoms with Crippen LogP contribution in [0.3, 0.4) is 0 Å². The van der Waals surface area contributed by atoms with Crippen molar-refractivity contribution >= 4 is 11.4 Å². The normalized spacial score (nSPS) is 17.0. The Labute approximate surface area is 149 Å². The average molecular weight is 335 g/mol. The maximum Gasteiger partial charge on any atom is 0.173 e. The van der Waals surface area contributed by atoms with Crippen LogP contribution in [0.15, 0.2) is 60.3 Å². The van der Waals surface area contributed by atoms with Crippen LogP contribution in [0.5, 0.6) is 5.75 Å². The van der Waals surface area contributed by atoms with Crippen LogP contribution < -0.4 is 10.1 Å². The number of carbonyl (C=O) groups is 1. The molecular weight excluding hydrogens is 310 g/mol. The number of hydrogen-bond acceptors (Lipinski definition) is 3. The predicted octanol–water partition coefficient (Wildman–Crippen LogP) is 4.55. The lowest BCUT2D eigenvalue weighted by Gasteiger charge is -2.11. The Morgan fingerprint density at radius 3 is 2.64 bits per heavy atom. The van der Waals surface area contributed by atoms with E-state index < -0.39 is 0 Å². The van der Waals surface area contributed by atoms with Crippen LogP contribution in [0.2, 0.25) is 0 Å². The minimum absolute atomic E-state index is 0.108. The van der Waals surface area contributed by atoms with Crippen LogP contribution in [0.4, 0.5) is 0 Å². The van der Waals surface area contributed by atoms with E-state index in [2.05, 4.69) is 12.2 Å². The van der Waals surface area contributed by atoms with Gasteiger partial charge in [0, 0.05) is 24.7 Å². The van der Waals surface area contributed by atoms with Gasteiger partial charge in [0.15, 0.2) is 5.78 Å². The highest BCUT2D eigenvalue weighted by Gasteiger charge is 2.34. The zero-order valence-corrected chi connectivity index (χ0v) is 14.9. The Balaban J connectivity index is 1.87. The molecule has 3 nitrogen and oxygen atoms in total. The van der Waals surface area contributed by atoms with Gasteiger partial charge in [-0.2, -0.15) is 0 Å². The third-order valence-electron chi connectivity index (χ3n) is 4.67. The standard InChI is InChI=1S/C22H25NO2/c1-3-4-13-25-18-12-8-11-17(14-18)21-20(23-2)15-19(22(21)24)16-9-6-5-7-10-16/h5-12,14,19,23H,3-4,13,15H2,1-2H3. The van der Waals surface area contributed by atoms with Crippen molar-refractivity contribution in [1.29, 1.82) is 0 Å². The maximum atomic E-state index is 13.1. The molecule has 1 aliphatic rings. The van der Waals surface area contributed by atoms with Gasteiger partial charge in [0.05, 0.1) is 12.5 Å². The summed E-state index contributed by atoms with van der Waals surface area (Å²) in [5.74, 6) is 0.898. The first-order valence-electron chi connectivity index (χ1n) is 8.98. The van der Waals surface area contributed by atoms with Crippen LogP contribution in [0.1, 0.15) is 43.2 Å². The Morgan fingerprint density at radius 1 is 1.12 bits per heavy atom. The number of ketones is 1. The fraction of sp³-hybridized carbons (Fsp3) is 0.318. The third kappa shape index (κ3) is 3.76. The number of nitrogens with one attached hydrogen (secondary N) is 1. The molecule has 130 valence electrons. The van der Waals surface area contributed by atoms with Gasteiger partial charge in [-0.25, -0.2) is 0 Å². The molecule has 0 spiro atoms. The summed E-state index contributed by atoms with van der Waals surface area (Å²) < 4.78 is 5.81. The zero-order valence-electron chi connectivity index (χ0n) is 14.9. The van der Waals surface area contributed by atoms with E-state index in [1.165, 1.54) is 0 Å². The van der Waals surface area contributed by atoms with E-state index in [-0.39, 0.29) is 11.7 Å². The number of rotatable bonds is 7. The molecule has 0 heterocycles. The monoisotopic (exact) mass is 335 g/mol. The number of Topliss-reactive ketones (excluding diaryl/α,β-unsaturated/α-hetero) is 1. The number of ether oxygens (including phenoxy) is 1. The number of benzene rings is 2. The fourth-order valence-electron chi connectivity index (χ4n) is 3.30. The van der Waals surface area contributed by atoms with E-state index in [0.717, 1.165) is 47.4 Å². The molecule has 1 unspecified atom stereocenters. The molecule has 0 amide bonds. The summed E-state index contributed by atoms with van der Waals surface area (Å²) >= 11 is 0. The van der Waals surface area contributed by atoms with E-state index in [4.69, 9.17) is 4.74 Å². The summed E-state index contributed by atoms with van der Waals surface area (Å²) in [6.45, 7) is 2.85. The molecule has 1 atom stereocenters.